The molecule has 2 bridgehead atoms. The quantitative estimate of drug-likeness (QED) is 0.730. The number of pyridine rings is 1. The van der Waals surface area contributed by atoms with Gasteiger partial charge in [0, 0.05) is 36.8 Å². The van der Waals surface area contributed by atoms with Crippen molar-refractivity contribution in [3.63, 3.8) is 0 Å². The van der Waals surface area contributed by atoms with Crippen LogP contribution in [0.1, 0.15) is 29.6 Å². The van der Waals surface area contributed by atoms with Crippen molar-refractivity contribution in [1.29, 1.82) is 0 Å². The second-order valence-corrected chi connectivity index (χ2v) is 7.33. The first-order valence-electron chi connectivity index (χ1n) is 9.19. The molecule has 5 heteroatoms. The molecule has 0 unspecified atom stereocenters. The van der Waals surface area contributed by atoms with E-state index in [9.17, 15) is 4.79 Å². The maximum atomic E-state index is 12.7. The van der Waals surface area contributed by atoms with Gasteiger partial charge in [0.15, 0.2) is 0 Å². The Hall–Kier alpha value is -2.82. The molecule has 3 aromatic rings. The van der Waals surface area contributed by atoms with Crippen LogP contribution in [0.5, 0.6) is 0 Å². The Morgan fingerprint density at radius 1 is 1.08 bits per heavy atom. The van der Waals surface area contributed by atoms with E-state index in [0.717, 1.165) is 31.6 Å². The molecule has 0 spiro atoms. The highest BCUT2D eigenvalue weighted by atomic mass is 16.4. The van der Waals surface area contributed by atoms with Gasteiger partial charge in [0.25, 0.3) is 11.6 Å². The lowest BCUT2D eigenvalue weighted by molar-refractivity contribution is 0.207. The van der Waals surface area contributed by atoms with E-state index < -0.39 is 0 Å². The Morgan fingerprint density at radius 3 is 2.77 bits per heavy atom. The van der Waals surface area contributed by atoms with Crippen LogP contribution in [0.4, 0.5) is 6.01 Å². The molecular formula is C21H21N3O2. The summed E-state index contributed by atoms with van der Waals surface area (Å²) in [5.74, 6) is 0.732. The molecular weight excluding hydrogens is 326 g/mol. The second-order valence-electron chi connectivity index (χ2n) is 7.33. The summed E-state index contributed by atoms with van der Waals surface area (Å²) in [6.07, 6.45) is 5.30. The van der Waals surface area contributed by atoms with Crippen molar-refractivity contribution in [2.45, 2.75) is 24.8 Å². The van der Waals surface area contributed by atoms with Gasteiger partial charge in [-0.2, -0.15) is 0 Å². The third kappa shape index (κ3) is 2.55. The van der Waals surface area contributed by atoms with Crippen molar-refractivity contribution < 1.29 is 4.42 Å². The van der Waals surface area contributed by atoms with Crippen molar-refractivity contribution in [1.82, 2.24) is 9.55 Å². The number of piperidine rings is 1. The van der Waals surface area contributed by atoms with E-state index in [4.69, 9.17) is 4.42 Å². The summed E-state index contributed by atoms with van der Waals surface area (Å²) in [5, 5.41) is 0. The average Bonchev–Trinajstić information content (AvgIpc) is 3.21. The standard InChI is InChI=1S/C21H21N3O2/c25-20-8-4-7-18-16-12-17(14-23(13-16)21-22-9-10-26-21)19(24(18)20)11-15-5-2-1-3-6-15/h1-10,16-17,19H,11-14H2/t16-,17+,19+/m1/s1. The highest BCUT2D eigenvalue weighted by Crippen LogP contribution is 2.43. The number of benzene rings is 1. The van der Waals surface area contributed by atoms with Gasteiger partial charge in [-0.05, 0) is 30.4 Å². The van der Waals surface area contributed by atoms with Gasteiger partial charge in [0.1, 0.15) is 6.26 Å². The van der Waals surface area contributed by atoms with Gasteiger partial charge in [0.05, 0.1) is 6.20 Å². The first kappa shape index (κ1) is 15.4. The Morgan fingerprint density at radius 2 is 1.96 bits per heavy atom. The van der Waals surface area contributed by atoms with E-state index in [1.54, 1.807) is 18.5 Å². The normalized spacial score (nSPS) is 24.3. The smallest absolute Gasteiger partial charge is 0.297 e. The number of hydrogen-bond acceptors (Lipinski definition) is 4. The topological polar surface area (TPSA) is 51.3 Å². The van der Waals surface area contributed by atoms with Gasteiger partial charge in [-0.3, -0.25) is 4.79 Å². The van der Waals surface area contributed by atoms with E-state index in [1.165, 1.54) is 5.56 Å². The van der Waals surface area contributed by atoms with Gasteiger partial charge < -0.3 is 13.9 Å². The predicted molar refractivity (Wildman–Crippen MR) is 99.4 cm³/mol. The summed E-state index contributed by atoms with van der Waals surface area (Å²) in [6, 6.07) is 17.0. The zero-order valence-electron chi connectivity index (χ0n) is 14.5. The third-order valence-electron chi connectivity index (χ3n) is 5.78. The number of rotatable bonds is 3. The van der Waals surface area contributed by atoms with Crippen LogP contribution >= 0.6 is 0 Å². The first-order valence-corrected chi connectivity index (χ1v) is 9.19. The maximum absolute atomic E-state index is 12.7. The Labute approximate surface area is 151 Å². The molecule has 2 aliphatic rings. The maximum Gasteiger partial charge on any atom is 0.297 e. The minimum absolute atomic E-state index is 0.114. The molecule has 0 aliphatic carbocycles. The molecule has 1 fully saturated rings. The predicted octanol–water partition coefficient (Wildman–Crippen LogP) is 3.24. The molecule has 1 saturated heterocycles. The molecule has 0 N–H and O–H groups in total. The number of aromatic nitrogens is 2. The molecule has 2 aromatic heterocycles. The molecule has 2 aliphatic heterocycles. The van der Waals surface area contributed by atoms with Crippen LogP contribution in [-0.4, -0.2) is 22.6 Å². The molecule has 1 aromatic carbocycles. The molecule has 3 atom stereocenters. The fourth-order valence-electron chi connectivity index (χ4n) is 4.69. The molecule has 0 radical (unpaired) electrons. The van der Waals surface area contributed by atoms with Crippen molar-refractivity contribution in [2.75, 3.05) is 18.0 Å². The van der Waals surface area contributed by atoms with Crippen molar-refractivity contribution >= 4 is 6.01 Å². The van der Waals surface area contributed by atoms with E-state index in [-0.39, 0.29) is 11.6 Å². The number of anilines is 1. The Balaban J connectivity index is 1.57. The Kier molecular flexibility index (Phi) is 3.66. The number of nitrogens with zero attached hydrogens (tertiary/aromatic N) is 3. The van der Waals surface area contributed by atoms with Gasteiger partial charge in [-0.1, -0.05) is 36.4 Å². The van der Waals surface area contributed by atoms with E-state index in [0.29, 0.717) is 17.9 Å². The zero-order chi connectivity index (χ0) is 17.5. The molecule has 0 amide bonds. The lowest BCUT2D eigenvalue weighted by atomic mass is 9.77. The van der Waals surface area contributed by atoms with Gasteiger partial charge >= 0.3 is 0 Å². The van der Waals surface area contributed by atoms with Crippen LogP contribution in [0.2, 0.25) is 0 Å². The fraction of sp³-hybridized carbons (Fsp3) is 0.333. The SMILES string of the molecule is O=c1cccc2n1[C@@H](Cc1ccccc1)[C@H]1C[C@@H]2CN(c2ncco2)C1. The number of hydrogen-bond donors (Lipinski definition) is 0. The summed E-state index contributed by atoms with van der Waals surface area (Å²) in [4.78, 5) is 19.3. The molecule has 0 saturated carbocycles. The monoisotopic (exact) mass is 347 g/mol. The first-order chi connectivity index (χ1) is 12.8. The summed E-state index contributed by atoms with van der Waals surface area (Å²) < 4.78 is 7.60. The summed E-state index contributed by atoms with van der Waals surface area (Å²) in [7, 11) is 0. The molecule has 4 heterocycles. The molecule has 5 nitrogen and oxygen atoms in total. The zero-order valence-corrected chi connectivity index (χ0v) is 14.5. The van der Waals surface area contributed by atoms with E-state index in [2.05, 4.69) is 44.8 Å². The van der Waals surface area contributed by atoms with E-state index in [1.807, 2.05) is 12.1 Å². The molecule has 26 heavy (non-hydrogen) atoms. The fourth-order valence-corrected chi connectivity index (χ4v) is 4.69. The van der Waals surface area contributed by atoms with Crippen LogP contribution in [0.15, 0.2) is 70.2 Å². The van der Waals surface area contributed by atoms with Crippen molar-refractivity contribution in [2.24, 2.45) is 5.92 Å². The summed E-state index contributed by atoms with van der Waals surface area (Å²) in [6.45, 7) is 1.72. The number of oxazole rings is 1. The van der Waals surface area contributed by atoms with Gasteiger partial charge in [-0.25, -0.2) is 4.98 Å². The van der Waals surface area contributed by atoms with Gasteiger partial charge in [0.2, 0.25) is 0 Å². The van der Waals surface area contributed by atoms with Gasteiger partial charge in [-0.15, -0.1) is 0 Å². The highest BCUT2D eigenvalue weighted by Gasteiger charge is 2.41. The van der Waals surface area contributed by atoms with Crippen molar-refractivity contribution in [3.05, 3.63) is 82.6 Å². The van der Waals surface area contributed by atoms with Crippen LogP contribution in [0.25, 0.3) is 0 Å². The van der Waals surface area contributed by atoms with Crippen LogP contribution in [0, 0.1) is 5.92 Å². The lowest BCUT2D eigenvalue weighted by Gasteiger charge is -2.46. The summed E-state index contributed by atoms with van der Waals surface area (Å²) in [5.41, 5.74) is 2.53. The van der Waals surface area contributed by atoms with E-state index >= 15 is 0 Å². The van der Waals surface area contributed by atoms with Crippen LogP contribution < -0.4 is 10.5 Å². The highest BCUT2D eigenvalue weighted by molar-refractivity contribution is 5.32. The van der Waals surface area contributed by atoms with Crippen molar-refractivity contribution in [3.8, 4) is 0 Å². The minimum atomic E-state index is 0.114. The molecule has 5 rings (SSSR count). The number of fused-ring (bicyclic) bond motifs is 4. The summed E-state index contributed by atoms with van der Waals surface area (Å²) >= 11 is 0. The lowest BCUT2D eigenvalue weighted by Crippen LogP contribution is -2.50. The third-order valence-corrected chi connectivity index (χ3v) is 5.78. The minimum Gasteiger partial charge on any atom is -0.432 e. The largest absolute Gasteiger partial charge is 0.432 e. The second kappa shape index (κ2) is 6.16. The van der Waals surface area contributed by atoms with Crippen LogP contribution in [0.3, 0.4) is 0 Å². The average molecular weight is 347 g/mol. The van der Waals surface area contributed by atoms with Crippen LogP contribution in [-0.2, 0) is 6.42 Å². The Bertz CT molecular complexity index is 949. The molecule has 132 valence electrons.